The van der Waals surface area contributed by atoms with Gasteiger partial charge in [0.1, 0.15) is 5.75 Å². The average molecular weight is 278 g/mol. The lowest BCUT2D eigenvalue weighted by Gasteiger charge is -2.09. The van der Waals surface area contributed by atoms with Gasteiger partial charge in [-0.1, -0.05) is 12.1 Å². The number of rotatable bonds is 2. The third kappa shape index (κ3) is 2.56. The molecule has 0 aliphatic heterocycles. The Morgan fingerprint density at radius 1 is 1.14 bits per heavy atom. The maximum Gasteiger partial charge on any atom is 0.256 e. The molecule has 0 spiro atoms. The molecule has 3 aromatic rings. The number of anilines is 1. The second-order valence-corrected chi connectivity index (χ2v) is 4.81. The van der Waals surface area contributed by atoms with Gasteiger partial charge in [0.25, 0.3) is 5.91 Å². The van der Waals surface area contributed by atoms with E-state index in [1.54, 1.807) is 31.3 Å². The molecule has 4 heteroatoms. The van der Waals surface area contributed by atoms with Crippen molar-refractivity contribution in [2.24, 2.45) is 0 Å². The van der Waals surface area contributed by atoms with Crippen LogP contribution < -0.4 is 5.32 Å². The van der Waals surface area contributed by atoms with E-state index in [-0.39, 0.29) is 11.7 Å². The van der Waals surface area contributed by atoms with Crippen molar-refractivity contribution >= 4 is 22.5 Å². The molecule has 0 aliphatic carbocycles. The molecular formula is C17H14N2O2. The van der Waals surface area contributed by atoms with Gasteiger partial charge in [0, 0.05) is 28.4 Å². The number of hydrogen-bond donors (Lipinski definition) is 2. The van der Waals surface area contributed by atoms with Gasteiger partial charge in [-0.2, -0.15) is 0 Å². The summed E-state index contributed by atoms with van der Waals surface area (Å²) in [6.45, 7) is 1.72. The summed E-state index contributed by atoms with van der Waals surface area (Å²) in [5, 5.41) is 13.5. The lowest BCUT2D eigenvalue weighted by atomic mass is 10.1. The van der Waals surface area contributed by atoms with Gasteiger partial charge in [-0.3, -0.25) is 9.78 Å². The largest absolute Gasteiger partial charge is 0.508 e. The van der Waals surface area contributed by atoms with Crippen LogP contribution in [0.4, 0.5) is 5.69 Å². The van der Waals surface area contributed by atoms with Crippen LogP contribution in [0.3, 0.4) is 0 Å². The highest BCUT2D eigenvalue weighted by Gasteiger charge is 2.11. The van der Waals surface area contributed by atoms with E-state index in [9.17, 15) is 9.90 Å². The molecule has 3 rings (SSSR count). The molecular weight excluding hydrogens is 264 g/mol. The van der Waals surface area contributed by atoms with Gasteiger partial charge in [0.2, 0.25) is 0 Å². The van der Waals surface area contributed by atoms with Crippen molar-refractivity contribution in [2.45, 2.75) is 6.92 Å². The van der Waals surface area contributed by atoms with Gasteiger partial charge >= 0.3 is 0 Å². The third-order valence-corrected chi connectivity index (χ3v) is 3.41. The number of amides is 1. The Bertz CT molecular complexity index is 828. The summed E-state index contributed by atoms with van der Waals surface area (Å²) >= 11 is 0. The highest BCUT2D eigenvalue weighted by atomic mass is 16.3. The summed E-state index contributed by atoms with van der Waals surface area (Å²) in [6.07, 6.45) is 1.73. The van der Waals surface area contributed by atoms with Gasteiger partial charge in [-0.05, 0) is 43.3 Å². The minimum absolute atomic E-state index is 0.116. The van der Waals surface area contributed by atoms with Crippen LogP contribution in [0, 0.1) is 6.92 Å². The minimum Gasteiger partial charge on any atom is -0.508 e. The molecule has 0 fully saturated rings. The Morgan fingerprint density at radius 2 is 2.00 bits per heavy atom. The van der Waals surface area contributed by atoms with Gasteiger partial charge in [0.05, 0.1) is 5.52 Å². The quantitative estimate of drug-likeness (QED) is 0.754. The number of phenols is 1. The first-order valence-electron chi connectivity index (χ1n) is 6.60. The highest BCUT2D eigenvalue weighted by molar-refractivity contribution is 6.06. The van der Waals surface area contributed by atoms with Gasteiger partial charge < -0.3 is 10.4 Å². The lowest BCUT2D eigenvalue weighted by Crippen LogP contribution is -2.13. The van der Waals surface area contributed by atoms with Crippen LogP contribution in [0.15, 0.2) is 54.7 Å². The lowest BCUT2D eigenvalue weighted by molar-refractivity contribution is 0.102. The minimum atomic E-state index is -0.244. The third-order valence-electron chi connectivity index (χ3n) is 3.41. The summed E-state index contributed by atoms with van der Waals surface area (Å²) < 4.78 is 0. The standard InChI is InChI=1S/C17H14N2O2/c1-11-14(5-2-6-16(11)20)17(21)19-13-7-8-15-12(10-13)4-3-9-18-15/h2-10,20H,1H3,(H,19,21). The predicted octanol–water partition coefficient (Wildman–Crippen LogP) is 3.50. The van der Waals surface area contributed by atoms with Crippen molar-refractivity contribution < 1.29 is 9.90 Å². The van der Waals surface area contributed by atoms with Crippen LogP contribution in [0.2, 0.25) is 0 Å². The number of nitrogens with one attached hydrogen (secondary N) is 1. The molecule has 21 heavy (non-hydrogen) atoms. The van der Waals surface area contributed by atoms with E-state index in [1.165, 1.54) is 0 Å². The Kier molecular flexibility index (Phi) is 3.28. The smallest absolute Gasteiger partial charge is 0.256 e. The monoisotopic (exact) mass is 278 g/mol. The Labute approximate surface area is 122 Å². The first kappa shape index (κ1) is 13.1. The van der Waals surface area contributed by atoms with Crippen LogP contribution >= 0.6 is 0 Å². The van der Waals surface area contributed by atoms with E-state index in [2.05, 4.69) is 10.3 Å². The Morgan fingerprint density at radius 3 is 2.86 bits per heavy atom. The van der Waals surface area contributed by atoms with Gasteiger partial charge in [-0.15, -0.1) is 0 Å². The van der Waals surface area contributed by atoms with Crippen LogP contribution in [0.25, 0.3) is 10.9 Å². The fraction of sp³-hybridized carbons (Fsp3) is 0.0588. The van der Waals surface area contributed by atoms with E-state index < -0.39 is 0 Å². The molecule has 2 N–H and O–H groups in total. The molecule has 0 aliphatic rings. The van der Waals surface area contributed by atoms with Crippen molar-refractivity contribution in [2.75, 3.05) is 5.32 Å². The van der Waals surface area contributed by atoms with Crippen molar-refractivity contribution in [1.29, 1.82) is 0 Å². The van der Waals surface area contributed by atoms with Crippen molar-refractivity contribution in [3.05, 3.63) is 65.9 Å². The fourth-order valence-corrected chi connectivity index (χ4v) is 2.22. The second-order valence-electron chi connectivity index (χ2n) is 4.81. The number of fused-ring (bicyclic) bond motifs is 1. The van der Waals surface area contributed by atoms with Crippen LogP contribution in [-0.2, 0) is 0 Å². The molecule has 0 unspecified atom stereocenters. The van der Waals surface area contributed by atoms with Crippen molar-refractivity contribution in [1.82, 2.24) is 4.98 Å². The van der Waals surface area contributed by atoms with E-state index in [0.717, 1.165) is 10.9 Å². The summed E-state index contributed by atoms with van der Waals surface area (Å²) in [5.74, 6) is -0.128. The molecule has 1 aromatic heterocycles. The van der Waals surface area contributed by atoms with Crippen LogP contribution in [0.1, 0.15) is 15.9 Å². The van der Waals surface area contributed by atoms with E-state index >= 15 is 0 Å². The van der Waals surface area contributed by atoms with E-state index in [4.69, 9.17) is 0 Å². The first-order valence-corrected chi connectivity index (χ1v) is 6.60. The second kappa shape index (κ2) is 5.25. The SMILES string of the molecule is Cc1c(O)cccc1C(=O)Nc1ccc2ncccc2c1. The molecule has 0 saturated heterocycles. The predicted molar refractivity (Wildman–Crippen MR) is 82.5 cm³/mol. The maximum absolute atomic E-state index is 12.3. The first-order chi connectivity index (χ1) is 10.1. The fourth-order valence-electron chi connectivity index (χ4n) is 2.22. The average Bonchev–Trinajstić information content (AvgIpc) is 2.50. The molecule has 0 saturated carbocycles. The summed E-state index contributed by atoms with van der Waals surface area (Å²) in [6, 6.07) is 14.2. The topological polar surface area (TPSA) is 62.2 Å². The number of aromatic hydroxyl groups is 1. The zero-order chi connectivity index (χ0) is 14.8. The molecule has 104 valence electrons. The summed E-state index contributed by atoms with van der Waals surface area (Å²) in [7, 11) is 0. The van der Waals surface area contributed by atoms with Gasteiger partial charge in [0.15, 0.2) is 0 Å². The number of phenolic OH excluding ortho intramolecular Hbond substituents is 1. The molecule has 1 amide bonds. The maximum atomic E-state index is 12.3. The number of pyridine rings is 1. The number of benzene rings is 2. The van der Waals surface area contributed by atoms with E-state index in [0.29, 0.717) is 16.8 Å². The molecule has 2 aromatic carbocycles. The number of aromatic nitrogens is 1. The zero-order valence-electron chi connectivity index (χ0n) is 11.5. The summed E-state index contributed by atoms with van der Waals surface area (Å²) in [5.41, 5.74) is 2.60. The van der Waals surface area contributed by atoms with Crippen molar-refractivity contribution in [3.63, 3.8) is 0 Å². The molecule has 1 heterocycles. The number of hydrogen-bond acceptors (Lipinski definition) is 3. The molecule has 4 nitrogen and oxygen atoms in total. The van der Waals surface area contributed by atoms with Gasteiger partial charge in [-0.25, -0.2) is 0 Å². The normalized spacial score (nSPS) is 10.5. The zero-order valence-corrected chi connectivity index (χ0v) is 11.5. The van der Waals surface area contributed by atoms with E-state index in [1.807, 2.05) is 30.3 Å². The number of carbonyl (C=O) groups excluding carboxylic acids is 1. The molecule has 0 radical (unpaired) electrons. The molecule has 0 atom stereocenters. The Balaban J connectivity index is 1.91. The Hall–Kier alpha value is -2.88. The summed E-state index contributed by atoms with van der Waals surface area (Å²) in [4.78, 5) is 16.5. The number of carbonyl (C=O) groups is 1. The molecule has 0 bridgehead atoms. The van der Waals surface area contributed by atoms with Crippen molar-refractivity contribution in [3.8, 4) is 5.75 Å². The van der Waals surface area contributed by atoms with Crippen LogP contribution in [-0.4, -0.2) is 16.0 Å². The highest BCUT2D eigenvalue weighted by Crippen LogP contribution is 2.22. The number of nitrogens with zero attached hydrogens (tertiary/aromatic N) is 1. The van der Waals surface area contributed by atoms with Crippen LogP contribution in [0.5, 0.6) is 5.75 Å².